The Hall–Kier alpha value is -0.520. The van der Waals surface area contributed by atoms with Crippen molar-refractivity contribution in [1.29, 1.82) is 0 Å². The van der Waals surface area contributed by atoms with Gasteiger partial charge in [0.2, 0.25) is 0 Å². The number of hydrogen-bond acceptors (Lipinski definition) is 5. The molecule has 4 nitrogen and oxygen atoms in total. The lowest BCUT2D eigenvalue weighted by Gasteiger charge is -2.29. The summed E-state index contributed by atoms with van der Waals surface area (Å²) in [5.74, 6) is 0. The SMILES string of the molecule is COC(CNCc1csnn1)C(C)(C)C. The Morgan fingerprint density at radius 1 is 1.53 bits per heavy atom. The molecule has 1 heterocycles. The maximum atomic E-state index is 5.44. The maximum absolute atomic E-state index is 5.44. The van der Waals surface area contributed by atoms with Crippen molar-refractivity contribution < 1.29 is 4.74 Å². The fourth-order valence-electron chi connectivity index (χ4n) is 1.34. The predicted octanol–water partition coefficient (Wildman–Crippen LogP) is 1.69. The van der Waals surface area contributed by atoms with Crippen molar-refractivity contribution in [3.05, 3.63) is 11.1 Å². The minimum atomic E-state index is 0.155. The molecule has 1 atom stereocenters. The first-order valence-corrected chi connectivity index (χ1v) is 5.87. The molecule has 0 spiro atoms. The Labute approximate surface area is 95.2 Å². The van der Waals surface area contributed by atoms with Crippen molar-refractivity contribution in [2.24, 2.45) is 5.41 Å². The highest BCUT2D eigenvalue weighted by Gasteiger charge is 2.23. The Balaban J connectivity index is 2.29. The van der Waals surface area contributed by atoms with Crippen molar-refractivity contribution in [2.45, 2.75) is 33.4 Å². The van der Waals surface area contributed by atoms with Crippen LogP contribution >= 0.6 is 11.5 Å². The van der Waals surface area contributed by atoms with Crippen molar-refractivity contribution in [2.75, 3.05) is 13.7 Å². The molecule has 0 saturated carbocycles. The topological polar surface area (TPSA) is 47.0 Å². The Bertz CT molecular complexity index is 269. The van der Waals surface area contributed by atoms with E-state index in [0.717, 1.165) is 18.8 Å². The van der Waals surface area contributed by atoms with Gasteiger partial charge in [0.1, 0.15) is 0 Å². The molecule has 0 radical (unpaired) electrons. The lowest BCUT2D eigenvalue weighted by molar-refractivity contribution is 0.0173. The molecule has 0 bridgehead atoms. The van der Waals surface area contributed by atoms with Crippen LogP contribution in [0.25, 0.3) is 0 Å². The maximum Gasteiger partial charge on any atom is 0.0893 e. The Morgan fingerprint density at radius 2 is 2.27 bits per heavy atom. The monoisotopic (exact) mass is 229 g/mol. The van der Waals surface area contributed by atoms with E-state index in [2.05, 4.69) is 35.7 Å². The standard InChI is InChI=1S/C10H19N3OS/c1-10(2,3)9(14-4)6-11-5-8-7-15-13-12-8/h7,9,11H,5-6H2,1-4H3. The van der Waals surface area contributed by atoms with Gasteiger partial charge in [-0.15, -0.1) is 5.10 Å². The average Bonchev–Trinajstić information content (AvgIpc) is 2.62. The second-order valence-electron chi connectivity index (χ2n) is 4.62. The summed E-state index contributed by atoms with van der Waals surface area (Å²) in [6.45, 7) is 8.11. The number of rotatable bonds is 5. The van der Waals surface area contributed by atoms with Crippen LogP contribution in [0, 0.1) is 5.41 Å². The first-order chi connectivity index (χ1) is 7.04. The zero-order chi connectivity index (χ0) is 11.3. The van der Waals surface area contributed by atoms with Crippen molar-refractivity contribution >= 4 is 11.5 Å². The molecule has 15 heavy (non-hydrogen) atoms. The van der Waals surface area contributed by atoms with Crippen molar-refractivity contribution in [1.82, 2.24) is 14.9 Å². The van der Waals surface area contributed by atoms with Crippen molar-refractivity contribution in [3.8, 4) is 0 Å². The molecule has 0 saturated heterocycles. The largest absolute Gasteiger partial charge is 0.380 e. The van der Waals surface area contributed by atoms with Crippen LogP contribution in [0.15, 0.2) is 5.38 Å². The molecule has 0 aliphatic carbocycles. The van der Waals surface area contributed by atoms with Gasteiger partial charge in [-0.25, -0.2) is 0 Å². The van der Waals surface area contributed by atoms with Crippen molar-refractivity contribution in [3.63, 3.8) is 0 Å². The number of hydrogen-bond donors (Lipinski definition) is 1. The summed E-state index contributed by atoms with van der Waals surface area (Å²) in [5, 5.41) is 9.24. The number of aromatic nitrogens is 2. The van der Waals surface area contributed by atoms with Crippen LogP contribution in [0.2, 0.25) is 0 Å². The zero-order valence-electron chi connectivity index (χ0n) is 9.78. The van der Waals surface area contributed by atoms with Crippen LogP contribution in [0.4, 0.5) is 0 Å². The summed E-state index contributed by atoms with van der Waals surface area (Å²) in [6, 6.07) is 0. The minimum Gasteiger partial charge on any atom is -0.380 e. The van der Waals surface area contributed by atoms with Gasteiger partial charge >= 0.3 is 0 Å². The summed E-state index contributed by atoms with van der Waals surface area (Å²) in [4.78, 5) is 0. The Kier molecular flexibility index (Phi) is 4.63. The Morgan fingerprint density at radius 3 is 2.73 bits per heavy atom. The fourth-order valence-corrected chi connectivity index (χ4v) is 1.79. The molecule has 1 aromatic rings. The summed E-state index contributed by atoms with van der Waals surface area (Å²) < 4.78 is 9.25. The molecule has 0 amide bonds. The molecule has 1 rings (SSSR count). The molecule has 0 aromatic carbocycles. The smallest absolute Gasteiger partial charge is 0.0893 e. The second-order valence-corrected chi connectivity index (χ2v) is 5.23. The van der Waals surface area contributed by atoms with E-state index in [0.29, 0.717) is 0 Å². The molecule has 0 aliphatic heterocycles. The van der Waals surface area contributed by atoms with E-state index in [1.807, 2.05) is 5.38 Å². The zero-order valence-corrected chi connectivity index (χ0v) is 10.6. The first-order valence-electron chi connectivity index (χ1n) is 5.03. The van der Waals surface area contributed by atoms with E-state index in [-0.39, 0.29) is 11.5 Å². The van der Waals surface area contributed by atoms with Gasteiger partial charge in [0, 0.05) is 25.6 Å². The van der Waals surface area contributed by atoms with E-state index in [1.54, 1.807) is 7.11 Å². The van der Waals surface area contributed by atoms with Crippen LogP contribution in [0.5, 0.6) is 0 Å². The van der Waals surface area contributed by atoms with Crippen LogP contribution in [0.1, 0.15) is 26.5 Å². The minimum absolute atomic E-state index is 0.155. The molecule has 1 N–H and O–H groups in total. The van der Waals surface area contributed by atoms with Crippen LogP contribution < -0.4 is 5.32 Å². The van der Waals surface area contributed by atoms with Gasteiger partial charge in [0.25, 0.3) is 0 Å². The predicted molar refractivity (Wildman–Crippen MR) is 61.9 cm³/mol. The number of nitrogens with zero attached hydrogens (tertiary/aromatic N) is 2. The quantitative estimate of drug-likeness (QED) is 0.834. The lowest BCUT2D eigenvalue weighted by Crippen LogP contribution is -2.38. The van der Waals surface area contributed by atoms with Gasteiger partial charge in [0.05, 0.1) is 11.8 Å². The first kappa shape index (κ1) is 12.5. The van der Waals surface area contributed by atoms with Gasteiger partial charge in [-0.05, 0) is 16.9 Å². The lowest BCUT2D eigenvalue weighted by atomic mass is 9.89. The molecule has 5 heteroatoms. The highest BCUT2D eigenvalue weighted by atomic mass is 32.1. The summed E-state index contributed by atoms with van der Waals surface area (Å²) in [6.07, 6.45) is 0.212. The molecule has 0 fully saturated rings. The van der Waals surface area contributed by atoms with Gasteiger partial charge in [-0.3, -0.25) is 0 Å². The normalized spacial score (nSPS) is 14.1. The highest BCUT2D eigenvalue weighted by molar-refractivity contribution is 7.03. The molecule has 86 valence electrons. The highest BCUT2D eigenvalue weighted by Crippen LogP contribution is 2.20. The molecular formula is C10H19N3OS. The third-order valence-corrected chi connectivity index (χ3v) is 2.84. The van der Waals surface area contributed by atoms with Gasteiger partial charge in [-0.2, -0.15) is 0 Å². The molecule has 0 aliphatic rings. The van der Waals surface area contributed by atoms with Crippen LogP contribution in [-0.2, 0) is 11.3 Å². The van der Waals surface area contributed by atoms with E-state index in [4.69, 9.17) is 4.74 Å². The summed E-state index contributed by atoms with van der Waals surface area (Å²) in [5.41, 5.74) is 1.14. The molecule has 1 unspecified atom stereocenters. The molecular weight excluding hydrogens is 210 g/mol. The van der Waals surface area contributed by atoms with Crippen LogP contribution in [0.3, 0.4) is 0 Å². The average molecular weight is 229 g/mol. The summed E-state index contributed by atoms with van der Waals surface area (Å²) in [7, 11) is 1.75. The second kappa shape index (κ2) is 5.53. The molecule has 1 aromatic heterocycles. The number of ether oxygens (including phenoxy) is 1. The number of nitrogens with one attached hydrogen (secondary N) is 1. The number of methoxy groups -OCH3 is 1. The van der Waals surface area contributed by atoms with E-state index < -0.39 is 0 Å². The van der Waals surface area contributed by atoms with E-state index in [1.165, 1.54) is 11.5 Å². The van der Waals surface area contributed by atoms with Gasteiger partial charge < -0.3 is 10.1 Å². The van der Waals surface area contributed by atoms with E-state index >= 15 is 0 Å². The summed E-state index contributed by atoms with van der Waals surface area (Å²) >= 11 is 1.38. The fraction of sp³-hybridized carbons (Fsp3) is 0.800. The third-order valence-electron chi connectivity index (χ3n) is 2.29. The van der Waals surface area contributed by atoms with Gasteiger partial charge in [-0.1, -0.05) is 25.3 Å². The van der Waals surface area contributed by atoms with Crippen LogP contribution in [-0.4, -0.2) is 29.3 Å². The van der Waals surface area contributed by atoms with E-state index in [9.17, 15) is 0 Å². The third kappa shape index (κ3) is 4.24. The van der Waals surface area contributed by atoms with Gasteiger partial charge in [0.15, 0.2) is 0 Å².